The molecule has 14 heavy (non-hydrogen) atoms. The van der Waals surface area contributed by atoms with Crippen molar-refractivity contribution in [3.8, 4) is 5.75 Å². The van der Waals surface area contributed by atoms with E-state index in [1.165, 1.54) is 0 Å². The molecule has 4 heteroatoms. The zero-order chi connectivity index (χ0) is 10.6. The molecule has 1 aromatic carbocycles. The van der Waals surface area contributed by atoms with E-state index in [4.69, 9.17) is 15.6 Å². The summed E-state index contributed by atoms with van der Waals surface area (Å²) < 4.78 is 5.23. The molecule has 1 rings (SSSR count). The Morgan fingerprint density at radius 1 is 1.64 bits per heavy atom. The number of aliphatic carboxylic acids is 1. The van der Waals surface area contributed by atoms with E-state index in [9.17, 15) is 4.79 Å². The molecular weight excluding hydrogens is 182 g/mol. The number of hydrogen-bond acceptors (Lipinski definition) is 3. The quantitative estimate of drug-likeness (QED) is 0.756. The zero-order valence-corrected chi connectivity index (χ0v) is 7.93. The van der Waals surface area contributed by atoms with Gasteiger partial charge in [-0.25, -0.2) is 0 Å². The highest BCUT2D eigenvalue weighted by atomic mass is 16.5. The van der Waals surface area contributed by atoms with Crippen LogP contribution in [0.2, 0.25) is 0 Å². The number of benzene rings is 1. The van der Waals surface area contributed by atoms with Crippen molar-refractivity contribution in [1.29, 1.82) is 0 Å². The molecular formula is C10H13NO3. The first-order valence-electron chi connectivity index (χ1n) is 4.36. The summed E-state index contributed by atoms with van der Waals surface area (Å²) in [6, 6.07) is 5.81. The van der Waals surface area contributed by atoms with E-state index in [2.05, 4.69) is 0 Å². The molecule has 0 aliphatic carbocycles. The second kappa shape index (κ2) is 4.62. The number of carboxylic acid groups (broad SMARTS) is 1. The van der Waals surface area contributed by atoms with Gasteiger partial charge in [-0.2, -0.15) is 0 Å². The van der Waals surface area contributed by atoms with Crippen LogP contribution < -0.4 is 10.5 Å². The predicted molar refractivity (Wildman–Crippen MR) is 52.2 cm³/mol. The van der Waals surface area contributed by atoms with E-state index in [-0.39, 0.29) is 0 Å². The summed E-state index contributed by atoms with van der Waals surface area (Å²) in [4.78, 5) is 10.6. The van der Waals surface area contributed by atoms with Crippen molar-refractivity contribution in [3.63, 3.8) is 0 Å². The van der Waals surface area contributed by atoms with Crippen LogP contribution in [-0.2, 0) is 4.79 Å². The van der Waals surface area contributed by atoms with Gasteiger partial charge < -0.3 is 15.6 Å². The van der Waals surface area contributed by atoms with Crippen LogP contribution in [0.4, 0.5) is 0 Å². The van der Waals surface area contributed by atoms with Gasteiger partial charge in [-0.15, -0.1) is 0 Å². The third kappa shape index (κ3) is 2.47. The number of carbonyl (C=O) groups is 1. The molecule has 0 aliphatic rings. The molecule has 1 aromatic rings. The molecule has 0 radical (unpaired) electrons. The van der Waals surface area contributed by atoms with Crippen LogP contribution in [0.5, 0.6) is 5.75 Å². The molecule has 0 fully saturated rings. The Labute approximate surface area is 82.3 Å². The van der Waals surface area contributed by atoms with Gasteiger partial charge >= 0.3 is 5.97 Å². The predicted octanol–water partition coefficient (Wildman–Crippen LogP) is 1.17. The smallest absolute Gasteiger partial charge is 0.325 e. The summed E-state index contributed by atoms with van der Waals surface area (Å²) in [6.45, 7) is 2.41. The third-order valence-corrected chi connectivity index (χ3v) is 1.79. The minimum absolute atomic E-state index is 0.545. The standard InChI is InChI=1S/C10H13NO3/c1-2-14-8-5-3-4-7(6-8)9(11)10(12)13/h3-6,9H,2,11H2,1H3,(H,12,13). The molecule has 0 bridgehead atoms. The summed E-state index contributed by atoms with van der Waals surface area (Å²) in [5, 5.41) is 8.69. The van der Waals surface area contributed by atoms with Crippen molar-refractivity contribution in [3.05, 3.63) is 29.8 Å². The summed E-state index contributed by atoms with van der Waals surface area (Å²) in [5.41, 5.74) is 5.99. The van der Waals surface area contributed by atoms with Gasteiger partial charge in [-0.05, 0) is 24.6 Å². The van der Waals surface area contributed by atoms with Gasteiger partial charge in [-0.1, -0.05) is 12.1 Å². The van der Waals surface area contributed by atoms with Gasteiger partial charge in [0.25, 0.3) is 0 Å². The molecule has 76 valence electrons. The number of hydrogen-bond donors (Lipinski definition) is 2. The van der Waals surface area contributed by atoms with Crippen molar-refractivity contribution in [2.45, 2.75) is 13.0 Å². The van der Waals surface area contributed by atoms with Gasteiger partial charge in [0.15, 0.2) is 0 Å². The lowest BCUT2D eigenvalue weighted by molar-refractivity contribution is -0.138. The van der Waals surface area contributed by atoms with E-state index in [1.807, 2.05) is 6.92 Å². The minimum Gasteiger partial charge on any atom is -0.494 e. The van der Waals surface area contributed by atoms with Crippen molar-refractivity contribution < 1.29 is 14.6 Å². The van der Waals surface area contributed by atoms with Crippen molar-refractivity contribution in [2.24, 2.45) is 5.73 Å². The molecule has 3 N–H and O–H groups in total. The summed E-state index contributed by atoms with van der Waals surface area (Å²) in [7, 11) is 0. The second-order valence-corrected chi connectivity index (χ2v) is 2.82. The first-order valence-corrected chi connectivity index (χ1v) is 4.36. The second-order valence-electron chi connectivity index (χ2n) is 2.82. The lowest BCUT2D eigenvalue weighted by atomic mass is 10.1. The number of ether oxygens (including phenoxy) is 1. The first kappa shape index (κ1) is 10.5. The first-order chi connectivity index (χ1) is 6.65. The Morgan fingerprint density at radius 3 is 2.93 bits per heavy atom. The van der Waals surface area contributed by atoms with Crippen molar-refractivity contribution in [2.75, 3.05) is 6.61 Å². The topological polar surface area (TPSA) is 72.5 Å². The van der Waals surface area contributed by atoms with Crippen LogP contribution >= 0.6 is 0 Å². The van der Waals surface area contributed by atoms with Crippen LogP contribution in [0.15, 0.2) is 24.3 Å². The molecule has 0 aliphatic heterocycles. The number of nitrogens with two attached hydrogens (primary N) is 1. The molecule has 1 atom stereocenters. The fraction of sp³-hybridized carbons (Fsp3) is 0.300. The number of carboxylic acids is 1. The highest BCUT2D eigenvalue weighted by Crippen LogP contribution is 2.17. The molecule has 1 unspecified atom stereocenters. The maximum Gasteiger partial charge on any atom is 0.325 e. The lowest BCUT2D eigenvalue weighted by Gasteiger charge is -2.08. The maximum atomic E-state index is 10.6. The Morgan fingerprint density at radius 2 is 2.36 bits per heavy atom. The molecule has 4 nitrogen and oxygen atoms in total. The van der Waals surface area contributed by atoms with E-state index >= 15 is 0 Å². The molecule has 0 saturated carbocycles. The lowest BCUT2D eigenvalue weighted by Crippen LogP contribution is -2.20. The molecule has 0 amide bonds. The molecule has 0 spiro atoms. The zero-order valence-electron chi connectivity index (χ0n) is 7.93. The van der Waals surface area contributed by atoms with Crippen LogP contribution in [0.25, 0.3) is 0 Å². The Bertz CT molecular complexity index is 325. The van der Waals surface area contributed by atoms with Gasteiger partial charge in [0.05, 0.1) is 6.61 Å². The Kier molecular flexibility index (Phi) is 3.48. The average molecular weight is 195 g/mol. The highest BCUT2D eigenvalue weighted by molar-refractivity contribution is 5.75. The minimum atomic E-state index is -1.04. The normalized spacial score (nSPS) is 12.1. The fourth-order valence-electron chi connectivity index (χ4n) is 1.11. The van der Waals surface area contributed by atoms with Gasteiger partial charge in [0.2, 0.25) is 0 Å². The summed E-state index contributed by atoms with van der Waals surface area (Å²) in [6.07, 6.45) is 0. The van der Waals surface area contributed by atoms with Gasteiger partial charge in [-0.3, -0.25) is 4.79 Å². The third-order valence-electron chi connectivity index (χ3n) is 1.79. The van der Waals surface area contributed by atoms with Gasteiger partial charge in [0.1, 0.15) is 11.8 Å². The maximum absolute atomic E-state index is 10.6. The van der Waals surface area contributed by atoms with Crippen molar-refractivity contribution in [1.82, 2.24) is 0 Å². The van der Waals surface area contributed by atoms with Crippen LogP contribution in [0, 0.1) is 0 Å². The highest BCUT2D eigenvalue weighted by Gasteiger charge is 2.14. The summed E-state index contributed by atoms with van der Waals surface area (Å²) in [5.74, 6) is -0.402. The van der Waals surface area contributed by atoms with E-state index in [1.54, 1.807) is 24.3 Å². The van der Waals surface area contributed by atoms with Crippen molar-refractivity contribution >= 4 is 5.97 Å². The summed E-state index contributed by atoms with van der Waals surface area (Å²) >= 11 is 0. The Hall–Kier alpha value is -1.55. The van der Waals surface area contributed by atoms with E-state index in [0.29, 0.717) is 17.9 Å². The van der Waals surface area contributed by atoms with Crippen LogP contribution in [0.1, 0.15) is 18.5 Å². The SMILES string of the molecule is CCOc1cccc(C(N)C(=O)O)c1. The average Bonchev–Trinajstić information content (AvgIpc) is 2.17. The van der Waals surface area contributed by atoms with Gasteiger partial charge in [0, 0.05) is 0 Å². The molecule has 0 aromatic heterocycles. The fourth-order valence-corrected chi connectivity index (χ4v) is 1.11. The largest absolute Gasteiger partial charge is 0.494 e. The van der Waals surface area contributed by atoms with Crippen LogP contribution in [-0.4, -0.2) is 17.7 Å². The van der Waals surface area contributed by atoms with Crippen LogP contribution in [0.3, 0.4) is 0 Å². The van der Waals surface area contributed by atoms with E-state index < -0.39 is 12.0 Å². The molecule has 0 heterocycles. The Balaban J connectivity index is 2.87. The monoisotopic (exact) mass is 195 g/mol. The van der Waals surface area contributed by atoms with E-state index in [0.717, 1.165) is 0 Å². The molecule has 0 saturated heterocycles. The number of rotatable bonds is 4.